The number of halogens is 1. The lowest BCUT2D eigenvalue weighted by molar-refractivity contribution is -0.141. The van der Waals surface area contributed by atoms with Gasteiger partial charge in [-0.1, -0.05) is 29.8 Å². The Morgan fingerprint density at radius 3 is 2.45 bits per heavy atom. The first-order valence-corrected chi connectivity index (χ1v) is 10.2. The summed E-state index contributed by atoms with van der Waals surface area (Å²) in [5, 5.41) is 0.675. The second-order valence-electron chi connectivity index (χ2n) is 7.36. The molecule has 0 radical (unpaired) electrons. The molecule has 2 aliphatic heterocycles. The normalized spacial score (nSPS) is 22.0. The smallest absolute Gasteiger partial charge is 0.229 e. The zero-order valence-electron chi connectivity index (χ0n) is 16.1. The van der Waals surface area contributed by atoms with Crippen molar-refractivity contribution in [1.29, 1.82) is 0 Å². The fourth-order valence-corrected chi connectivity index (χ4v) is 4.02. The lowest BCUT2D eigenvalue weighted by Crippen LogP contribution is -2.53. The van der Waals surface area contributed by atoms with Crippen molar-refractivity contribution in [2.75, 3.05) is 32.7 Å². The molecule has 4 rings (SSSR count). The highest BCUT2D eigenvalue weighted by atomic mass is 35.5. The van der Waals surface area contributed by atoms with Crippen LogP contribution in [-0.2, 0) is 16.0 Å². The highest BCUT2D eigenvalue weighted by molar-refractivity contribution is 6.30. The first-order valence-electron chi connectivity index (χ1n) is 9.82. The Balaban J connectivity index is 1.33. The van der Waals surface area contributed by atoms with Crippen LogP contribution in [0.4, 0.5) is 0 Å². The summed E-state index contributed by atoms with van der Waals surface area (Å²) in [6, 6.07) is 13.0. The maximum atomic E-state index is 13.1. The van der Waals surface area contributed by atoms with Gasteiger partial charge in [-0.05, 0) is 29.8 Å². The number of hydrogen-bond acceptors (Lipinski definition) is 5. The second-order valence-corrected chi connectivity index (χ2v) is 7.80. The summed E-state index contributed by atoms with van der Waals surface area (Å²) in [4.78, 5) is 33.5. The molecule has 2 unspecified atom stereocenters. The van der Waals surface area contributed by atoms with Crippen molar-refractivity contribution >= 4 is 23.4 Å². The standard InChI is InChI=1S/C21H24ClN5O2/c22-16-6-4-15(5-7-16)20-18(14-24-25-20)21(29)27-11-9-26(10-12-27)19(28)13-17-3-1-2-8-23-17/h1-8,18,20,24-25H,9-14H2. The van der Waals surface area contributed by atoms with Gasteiger partial charge in [-0.3, -0.25) is 20.0 Å². The van der Waals surface area contributed by atoms with Gasteiger partial charge in [-0.2, -0.15) is 0 Å². The fourth-order valence-electron chi connectivity index (χ4n) is 3.89. The van der Waals surface area contributed by atoms with E-state index in [9.17, 15) is 9.59 Å². The zero-order chi connectivity index (χ0) is 20.2. The molecule has 2 fully saturated rings. The summed E-state index contributed by atoms with van der Waals surface area (Å²) in [7, 11) is 0. The van der Waals surface area contributed by atoms with E-state index in [1.54, 1.807) is 6.20 Å². The molecular formula is C21H24ClN5O2. The van der Waals surface area contributed by atoms with E-state index in [-0.39, 0.29) is 23.8 Å². The van der Waals surface area contributed by atoms with Gasteiger partial charge in [-0.25, -0.2) is 5.43 Å². The first kappa shape index (κ1) is 19.8. The third-order valence-electron chi connectivity index (χ3n) is 5.53. The molecule has 3 heterocycles. The molecule has 8 heteroatoms. The van der Waals surface area contributed by atoms with Gasteiger partial charge >= 0.3 is 0 Å². The monoisotopic (exact) mass is 413 g/mol. The number of hydrazine groups is 1. The molecule has 152 valence electrons. The quantitative estimate of drug-likeness (QED) is 0.792. The molecule has 0 saturated carbocycles. The van der Waals surface area contributed by atoms with Gasteiger partial charge < -0.3 is 9.80 Å². The maximum Gasteiger partial charge on any atom is 0.229 e. The summed E-state index contributed by atoms with van der Waals surface area (Å²) < 4.78 is 0. The van der Waals surface area contributed by atoms with E-state index in [1.165, 1.54) is 0 Å². The maximum absolute atomic E-state index is 13.1. The summed E-state index contributed by atoms with van der Waals surface area (Å²) in [6.07, 6.45) is 1.99. The average Bonchev–Trinajstić information content (AvgIpc) is 3.24. The van der Waals surface area contributed by atoms with E-state index in [4.69, 9.17) is 11.6 Å². The van der Waals surface area contributed by atoms with Crippen molar-refractivity contribution < 1.29 is 9.59 Å². The minimum Gasteiger partial charge on any atom is -0.339 e. The van der Waals surface area contributed by atoms with Crippen molar-refractivity contribution in [2.45, 2.75) is 12.5 Å². The Morgan fingerprint density at radius 1 is 1.03 bits per heavy atom. The van der Waals surface area contributed by atoms with Gasteiger partial charge in [0.15, 0.2) is 0 Å². The molecular weight excluding hydrogens is 390 g/mol. The van der Waals surface area contributed by atoms with Crippen molar-refractivity contribution in [3.8, 4) is 0 Å². The predicted molar refractivity (Wildman–Crippen MR) is 110 cm³/mol. The van der Waals surface area contributed by atoms with Crippen molar-refractivity contribution in [3.05, 3.63) is 64.9 Å². The molecule has 1 aromatic carbocycles. The second kappa shape index (κ2) is 8.90. The molecule has 0 aliphatic carbocycles. The number of aromatic nitrogens is 1. The Labute approximate surface area is 175 Å². The predicted octanol–water partition coefficient (Wildman–Crippen LogP) is 1.41. The lowest BCUT2D eigenvalue weighted by atomic mass is 9.93. The number of nitrogens with zero attached hydrogens (tertiary/aromatic N) is 3. The van der Waals surface area contributed by atoms with Gasteiger partial charge in [0.1, 0.15) is 0 Å². The van der Waals surface area contributed by atoms with E-state index in [0.717, 1.165) is 11.3 Å². The zero-order valence-corrected chi connectivity index (χ0v) is 16.8. The molecule has 1 aromatic heterocycles. The third-order valence-corrected chi connectivity index (χ3v) is 5.78. The number of rotatable bonds is 4. The van der Waals surface area contributed by atoms with Crippen LogP contribution in [0.5, 0.6) is 0 Å². The Morgan fingerprint density at radius 2 is 1.76 bits per heavy atom. The van der Waals surface area contributed by atoms with Gasteiger partial charge in [0.25, 0.3) is 0 Å². The Hall–Kier alpha value is -2.48. The highest BCUT2D eigenvalue weighted by Gasteiger charge is 2.37. The van der Waals surface area contributed by atoms with Crippen molar-refractivity contribution in [1.82, 2.24) is 25.6 Å². The molecule has 2 N–H and O–H groups in total. The van der Waals surface area contributed by atoms with Gasteiger partial charge in [0.2, 0.25) is 11.8 Å². The first-order chi connectivity index (χ1) is 14.1. The molecule has 2 aromatic rings. The third kappa shape index (κ3) is 4.58. The van der Waals surface area contributed by atoms with Crippen LogP contribution >= 0.6 is 11.6 Å². The molecule has 2 saturated heterocycles. The van der Waals surface area contributed by atoms with Crippen LogP contribution in [0, 0.1) is 5.92 Å². The lowest BCUT2D eigenvalue weighted by Gasteiger charge is -2.36. The van der Waals surface area contributed by atoms with E-state index in [0.29, 0.717) is 44.2 Å². The minimum absolute atomic E-state index is 0.0547. The summed E-state index contributed by atoms with van der Waals surface area (Å²) in [6.45, 7) is 2.78. The van der Waals surface area contributed by atoms with Crippen LogP contribution in [0.25, 0.3) is 0 Å². The molecule has 0 bridgehead atoms. The number of carbonyl (C=O) groups excluding carboxylic acids is 2. The average molecular weight is 414 g/mol. The molecule has 2 atom stereocenters. The summed E-state index contributed by atoms with van der Waals surface area (Å²) in [5.41, 5.74) is 8.11. The van der Waals surface area contributed by atoms with Crippen LogP contribution < -0.4 is 10.9 Å². The van der Waals surface area contributed by atoms with Crippen LogP contribution in [0.15, 0.2) is 48.7 Å². The van der Waals surface area contributed by atoms with Crippen molar-refractivity contribution in [3.63, 3.8) is 0 Å². The number of benzene rings is 1. The number of amides is 2. The van der Waals surface area contributed by atoms with Crippen LogP contribution in [-0.4, -0.2) is 59.3 Å². The summed E-state index contributed by atoms with van der Waals surface area (Å²) >= 11 is 5.98. The van der Waals surface area contributed by atoms with Gasteiger partial charge in [-0.15, -0.1) is 0 Å². The number of pyridine rings is 1. The SMILES string of the molecule is O=C(Cc1ccccn1)N1CCN(C(=O)C2CNNC2c2ccc(Cl)cc2)CC1. The minimum atomic E-state index is -0.188. The fraction of sp³-hybridized carbons (Fsp3) is 0.381. The Bertz CT molecular complexity index is 853. The van der Waals surface area contributed by atoms with Gasteiger partial charge in [0.05, 0.1) is 18.4 Å². The molecule has 29 heavy (non-hydrogen) atoms. The number of carbonyl (C=O) groups is 2. The summed E-state index contributed by atoms with van der Waals surface area (Å²) in [5.74, 6) is -0.0229. The molecule has 2 aliphatic rings. The van der Waals surface area contributed by atoms with E-state index >= 15 is 0 Å². The highest BCUT2D eigenvalue weighted by Crippen LogP contribution is 2.28. The number of hydrogen-bond donors (Lipinski definition) is 2. The molecule has 2 amide bonds. The Kier molecular flexibility index (Phi) is 6.08. The largest absolute Gasteiger partial charge is 0.339 e. The van der Waals surface area contributed by atoms with E-state index in [2.05, 4.69) is 15.8 Å². The van der Waals surface area contributed by atoms with Gasteiger partial charge in [0, 0.05) is 49.6 Å². The van der Waals surface area contributed by atoms with Crippen LogP contribution in [0.2, 0.25) is 5.02 Å². The van der Waals surface area contributed by atoms with Crippen molar-refractivity contribution in [2.24, 2.45) is 5.92 Å². The van der Waals surface area contributed by atoms with E-state index in [1.807, 2.05) is 52.3 Å². The topological polar surface area (TPSA) is 77.6 Å². The van der Waals surface area contributed by atoms with Crippen LogP contribution in [0.3, 0.4) is 0 Å². The molecule has 0 spiro atoms. The van der Waals surface area contributed by atoms with Crippen LogP contribution in [0.1, 0.15) is 17.3 Å². The number of nitrogens with one attached hydrogen (secondary N) is 2. The van der Waals surface area contributed by atoms with E-state index < -0.39 is 0 Å². The number of piperazine rings is 1. The molecule has 7 nitrogen and oxygen atoms in total.